The highest BCUT2D eigenvalue weighted by Crippen LogP contribution is 2.56. The summed E-state index contributed by atoms with van der Waals surface area (Å²) in [6, 6.07) is 68.0. The van der Waals surface area contributed by atoms with E-state index in [4.69, 9.17) is 0 Å². The van der Waals surface area contributed by atoms with Crippen molar-refractivity contribution >= 4 is 17.1 Å². The van der Waals surface area contributed by atoms with E-state index in [0.717, 1.165) is 17.1 Å². The molecular formula is C58H51N. The van der Waals surface area contributed by atoms with Crippen molar-refractivity contribution in [1.29, 1.82) is 0 Å². The first-order chi connectivity index (χ1) is 28.4. The molecule has 1 heteroatoms. The number of benzene rings is 8. The van der Waals surface area contributed by atoms with Gasteiger partial charge in [0.1, 0.15) is 0 Å². The van der Waals surface area contributed by atoms with Gasteiger partial charge in [-0.15, -0.1) is 0 Å². The molecule has 0 spiro atoms. The molecular weight excluding hydrogens is 711 g/mol. The van der Waals surface area contributed by atoms with Crippen molar-refractivity contribution in [2.45, 2.75) is 64.7 Å². The molecule has 59 heavy (non-hydrogen) atoms. The molecule has 0 N–H and O–H groups in total. The molecule has 8 aromatic carbocycles. The van der Waals surface area contributed by atoms with Gasteiger partial charge < -0.3 is 4.90 Å². The summed E-state index contributed by atoms with van der Waals surface area (Å²) in [5.74, 6) is 0. The molecule has 0 heterocycles. The van der Waals surface area contributed by atoms with E-state index in [9.17, 15) is 0 Å². The molecule has 0 aromatic heterocycles. The average Bonchev–Trinajstić information content (AvgIpc) is 3.63. The van der Waals surface area contributed by atoms with Gasteiger partial charge in [0, 0.05) is 27.8 Å². The summed E-state index contributed by atoms with van der Waals surface area (Å²) < 4.78 is 0. The molecule has 0 aliphatic heterocycles. The van der Waals surface area contributed by atoms with Gasteiger partial charge in [-0.3, -0.25) is 0 Å². The van der Waals surface area contributed by atoms with Crippen molar-refractivity contribution in [3.05, 3.63) is 210 Å². The van der Waals surface area contributed by atoms with Gasteiger partial charge in [0.05, 0.1) is 5.69 Å². The lowest BCUT2D eigenvalue weighted by Gasteiger charge is -2.31. The highest BCUT2D eigenvalue weighted by molar-refractivity contribution is 6.04. The van der Waals surface area contributed by atoms with Crippen LogP contribution >= 0.6 is 0 Å². The van der Waals surface area contributed by atoms with Crippen LogP contribution in [0.3, 0.4) is 0 Å². The maximum absolute atomic E-state index is 2.52. The highest BCUT2D eigenvalue weighted by Gasteiger charge is 2.39. The Morgan fingerprint density at radius 2 is 0.881 bits per heavy atom. The molecule has 0 bridgehead atoms. The zero-order chi connectivity index (χ0) is 40.7. The van der Waals surface area contributed by atoms with Crippen LogP contribution in [0, 0.1) is 0 Å². The van der Waals surface area contributed by atoms with Gasteiger partial charge in [-0.05, 0) is 114 Å². The normalized spacial score (nSPS) is 14.3. The SMILES string of the molecule is CC(C)(C)c1ccc2c(c1)C(C)(C)c1cc(N(c3ccc(-c4ccccc4)cc3)c3cccc(-c4ccccc4)c3-c3cccc4c3-c3ccccc3C4(C)C)ccc1-2. The van der Waals surface area contributed by atoms with E-state index in [0.29, 0.717) is 0 Å². The van der Waals surface area contributed by atoms with Crippen LogP contribution in [0.2, 0.25) is 0 Å². The summed E-state index contributed by atoms with van der Waals surface area (Å²) in [4.78, 5) is 2.52. The van der Waals surface area contributed by atoms with E-state index >= 15 is 0 Å². The minimum absolute atomic E-state index is 0.0707. The zero-order valence-electron chi connectivity index (χ0n) is 35.3. The number of hydrogen-bond acceptors (Lipinski definition) is 1. The molecule has 2 aliphatic carbocycles. The van der Waals surface area contributed by atoms with Gasteiger partial charge in [0.15, 0.2) is 0 Å². The zero-order valence-corrected chi connectivity index (χ0v) is 35.3. The van der Waals surface area contributed by atoms with Crippen LogP contribution in [-0.2, 0) is 16.2 Å². The largest absolute Gasteiger partial charge is 0.310 e. The molecule has 0 fully saturated rings. The second-order valence-electron chi connectivity index (χ2n) is 18.6. The molecule has 0 amide bonds. The van der Waals surface area contributed by atoms with E-state index in [1.807, 2.05) is 0 Å². The topological polar surface area (TPSA) is 3.24 Å². The summed E-state index contributed by atoms with van der Waals surface area (Å²) in [6.07, 6.45) is 0. The monoisotopic (exact) mass is 761 g/mol. The number of hydrogen-bond donors (Lipinski definition) is 0. The van der Waals surface area contributed by atoms with E-state index < -0.39 is 0 Å². The van der Waals surface area contributed by atoms with Crippen LogP contribution in [-0.4, -0.2) is 0 Å². The Labute approximate surface area is 350 Å². The summed E-state index contributed by atoms with van der Waals surface area (Å²) in [5.41, 5.74) is 22.7. The first-order valence-corrected chi connectivity index (χ1v) is 21.1. The van der Waals surface area contributed by atoms with Crippen LogP contribution in [0.25, 0.3) is 55.6 Å². The predicted octanol–water partition coefficient (Wildman–Crippen LogP) is 16.1. The molecule has 0 radical (unpaired) electrons. The van der Waals surface area contributed by atoms with Crippen molar-refractivity contribution in [2.75, 3.05) is 4.90 Å². The van der Waals surface area contributed by atoms with E-state index in [2.05, 4.69) is 235 Å². The first kappa shape index (κ1) is 36.9. The molecule has 0 atom stereocenters. The van der Waals surface area contributed by atoms with Gasteiger partial charge in [0.25, 0.3) is 0 Å². The Morgan fingerprint density at radius 3 is 1.59 bits per heavy atom. The maximum Gasteiger partial charge on any atom is 0.0546 e. The van der Waals surface area contributed by atoms with Gasteiger partial charge in [-0.1, -0.05) is 200 Å². The smallest absolute Gasteiger partial charge is 0.0546 e. The molecule has 2 aliphatic rings. The minimum atomic E-state index is -0.172. The van der Waals surface area contributed by atoms with Gasteiger partial charge in [-0.2, -0.15) is 0 Å². The molecule has 1 nitrogen and oxygen atoms in total. The lowest BCUT2D eigenvalue weighted by atomic mass is 9.79. The fourth-order valence-corrected chi connectivity index (χ4v) is 10.0. The Hall–Kier alpha value is -6.44. The Balaban J connectivity index is 1.24. The fraction of sp³-hybridized carbons (Fsp3) is 0.172. The van der Waals surface area contributed by atoms with Gasteiger partial charge >= 0.3 is 0 Å². The number of nitrogens with zero attached hydrogens (tertiary/aromatic N) is 1. The molecule has 0 saturated carbocycles. The summed E-state index contributed by atoms with van der Waals surface area (Å²) in [5, 5.41) is 0. The third-order valence-corrected chi connectivity index (χ3v) is 13.3. The Morgan fingerprint density at radius 1 is 0.356 bits per heavy atom. The lowest BCUT2D eigenvalue weighted by Crippen LogP contribution is -2.18. The second-order valence-corrected chi connectivity index (χ2v) is 18.6. The molecule has 10 rings (SSSR count). The quantitative estimate of drug-likeness (QED) is 0.163. The van der Waals surface area contributed by atoms with Crippen molar-refractivity contribution in [3.8, 4) is 55.6 Å². The molecule has 0 saturated heterocycles. The van der Waals surface area contributed by atoms with Crippen LogP contribution in [0.1, 0.15) is 76.3 Å². The third kappa shape index (κ3) is 5.90. The number of anilines is 3. The lowest BCUT2D eigenvalue weighted by molar-refractivity contribution is 0.584. The van der Waals surface area contributed by atoms with Gasteiger partial charge in [0.2, 0.25) is 0 Å². The van der Waals surface area contributed by atoms with E-state index in [-0.39, 0.29) is 16.2 Å². The third-order valence-electron chi connectivity index (χ3n) is 13.3. The van der Waals surface area contributed by atoms with Crippen molar-refractivity contribution in [2.24, 2.45) is 0 Å². The average molecular weight is 762 g/mol. The Bertz CT molecular complexity index is 2890. The van der Waals surface area contributed by atoms with Crippen LogP contribution in [0.5, 0.6) is 0 Å². The summed E-state index contributed by atoms with van der Waals surface area (Å²) in [7, 11) is 0. The van der Waals surface area contributed by atoms with E-state index in [1.54, 1.807) is 0 Å². The van der Waals surface area contributed by atoms with Crippen LogP contribution in [0.4, 0.5) is 17.1 Å². The second kappa shape index (κ2) is 13.6. The van der Waals surface area contributed by atoms with Crippen LogP contribution in [0.15, 0.2) is 182 Å². The van der Waals surface area contributed by atoms with Crippen LogP contribution < -0.4 is 4.90 Å². The summed E-state index contributed by atoms with van der Waals surface area (Å²) >= 11 is 0. The first-order valence-electron chi connectivity index (χ1n) is 21.1. The highest BCUT2D eigenvalue weighted by atomic mass is 15.1. The van der Waals surface area contributed by atoms with Crippen molar-refractivity contribution in [1.82, 2.24) is 0 Å². The fourth-order valence-electron chi connectivity index (χ4n) is 10.0. The number of rotatable bonds is 6. The minimum Gasteiger partial charge on any atom is -0.310 e. The van der Waals surface area contributed by atoms with E-state index in [1.165, 1.54) is 83.5 Å². The molecule has 8 aromatic rings. The molecule has 0 unspecified atom stereocenters. The van der Waals surface area contributed by atoms with Crippen molar-refractivity contribution < 1.29 is 0 Å². The predicted molar refractivity (Wildman–Crippen MR) is 251 cm³/mol. The Kier molecular flexibility index (Phi) is 8.48. The maximum atomic E-state index is 2.52. The number of fused-ring (bicyclic) bond motifs is 6. The summed E-state index contributed by atoms with van der Waals surface area (Å²) in [6.45, 7) is 16.5. The van der Waals surface area contributed by atoms with Crippen molar-refractivity contribution in [3.63, 3.8) is 0 Å². The standard InChI is InChI=1S/C58H51N/c1-56(2,3)41-30-34-45-46-35-33-43(37-52(46)58(6,7)51(45)36-41)59(42-31-28-39(29-32-42)38-18-10-8-11-19-38)53-27-17-23-44(40-20-12-9-13-21-40)55(53)48-24-16-26-50-54(48)47-22-14-15-25-49(47)57(50,4)5/h8-37H,1-7H3. The molecule has 288 valence electrons. The van der Waals surface area contributed by atoms with Gasteiger partial charge in [-0.25, -0.2) is 0 Å².